The van der Waals surface area contributed by atoms with Crippen molar-refractivity contribution in [1.29, 1.82) is 0 Å². The number of nitrogens with one attached hydrogen (secondary N) is 2. The predicted molar refractivity (Wildman–Crippen MR) is 113 cm³/mol. The average molecular weight is 388 g/mol. The van der Waals surface area contributed by atoms with Gasteiger partial charge in [0.25, 0.3) is 11.8 Å². The summed E-state index contributed by atoms with van der Waals surface area (Å²) >= 11 is 0. The molecule has 29 heavy (non-hydrogen) atoms. The number of anilines is 1. The summed E-state index contributed by atoms with van der Waals surface area (Å²) < 4.78 is 0. The van der Waals surface area contributed by atoms with Crippen LogP contribution in [-0.2, 0) is 12.0 Å². The molecule has 0 unspecified atom stereocenters. The molecule has 0 bridgehead atoms. The number of nitrogens with zero attached hydrogens (tertiary/aromatic N) is 2. The number of para-hydroxylation sites is 1. The molecule has 0 atom stereocenters. The van der Waals surface area contributed by atoms with E-state index in [2.05, 4.69) is 41.4 Å². The maximum Gasteiger partial charge on any atom is 0.270 e. The number of benzene rings is 1. The molecule has 6 nitrogen and oxygen atoms in total. The molecule has 3 rings (SSSR count). The third-order valence-corrected chi connectivity index (χ3v) is 4.39. The highest BCUT2D eigenvalue weighted by Crippen LogP contribution is 2.29. The Morgan fingerprint density at radius 1 is 0.897 bits per heavy atom. The molecule has 3 aromatic rings. The van der Waals surface area contributed by atoms with Gasteiger partial charge < -0.3 is 10.6 Å². The topological polar surface area (TPSA) is 84.0 Å². The monoisotopic (exact) mass is 388 g/mol. The first-order chi connectivity index (χ1) is 13.8. The molecule has 1 aromatic carbocycles. The van der Waals surface area contributed by atoms with Gasteiger partial charge in [-0.1, -0.05) is 45.0 Å². The van der Waals surface area contributed by atoms with E-state index in [-0.39, 0.29) is 29.5 Å². The van der Waals surface area contributed by atoms with Crippen molar-refractivity contribution in [3.8, 4) is 0 Å². The molecule has 2 amide bonds. The van der Waals surface area contributed by atoms with Gasteiger partial charge >= 0.3 is 0 Å². The molecule has 0 aliphatic rings. The van der Waals surface area contributed by atoms with Crippen LogP contribution in [0, 0.1) is 0 Å². The summed E-state index contributed by atoms with van der Waals surface area (Å²) in [5.41, 5.74) is 2.97. The highest BCUT2D eigenvalue weighted by molar-refractivity contribution is 6.06. The highest BCUT2D eigenvalue weighted by atomic mass is 16.2. The first-order valence-electron chi connectivity index (χ1n) is 9.39. The Kier molecular flexibility index (Phi) is 6.02. The van der Waals surface area contributed by atoms with Crippen LogP contribution in [0.5, 0.6) is 0 Å². The fourth-order valence-electron chi connectivity index (χ4n) is 2.90. The lowest BCUT2D eigenvalue weighted by molar-refractivity contribution is 0.0945. The van der Waals surface area contributed by atoms with Gasteiger partial charge in [0.2, 0.25) is 0 Å². The Morgan fingerprint density at radius 2 is 1.66 bits per heavy atom. The lowest BCUT2D eigenvalue weighted by atomic mass is 9.86. The van der Waals surface area contributed by atoms with Gasteiger partial charge in [-0.2, -0.15) is 0 Å². The van der Waals surface area contributed by atoms with E-state index in [0.29, 0.717) is 5.56 Å². The number of carbonyl (C=O) groups excluding carboxylic acids is 2. The summed E-state index contributed by atoms with van der Waals surface area (Å²) in [5, 5.41) is 5.71. The molecule has 2 aromatic heterocycles. The molecule has 2 N–H and O–H groups in total. The third-order valence-electron chi connectivity index (χ3n) is 4.39. The van der Waals surface area contributed by atoms with Gasteiger partial charge in [-0.3, -0.25) is 19.6 Å². The van der Waals surface area contributed by atoms with Crippen LogP contribution in [0.25, 0.3) is 0 Å². The van der Waals surface area contributed by atoms with Crippen molar-refractivity contribution in [3.05, 3.63) is 89.5 Å². The summed E-state index contributed by atoms with van der Waals surface area (Å²) in [7, 11) is 0. The summed E-state index contributed by atoms with van der Waals surface area (Å²) in [6, 6.07) is 16.3. The van der Waals surface area contributed by atoms with Crippen molar-refractivity contribution in [2.24, 2.45) is 0 Å². The van der Waals surface area contributed by atoms with Crippen molar-refractivity contribution >= 4 is 17.5 Å². The SMILES string of the molecule is CC(C)(C)c1ccccc1NC(=O)c1ccnc(C(=O)NCc2ccccn2)c1. The average Bonchev–Trinajstić information content (AvgIpc) is 2.72. The molecular weight excluding hydrogens is 364 g/mol. The standard InChI is InChI=1S/C23H24N4O2/c1-23(2,3)18-9-4-5-10-19(18)27-21(28)16-11-13-25-20(14-16)22(29)26-15-17-8-6-7-12-24-17/h4-14H,15H2,1-3H3,(H,26,29)(H,27,28). The number of pyridine rings is 2. The Hall–Kier alpha value is -3.54. The Morgan fingerprint density at radius 3 is 2.38 bits per heavy atom. The van der Waals surface area contributed by atoms with E-state index in [1.807, 2.05) is 42.5 Å². The summed E-state index contributed by atoms with van der Waals surface area (Å²) in [6.45, 7) is 6.56. The minimum Gasteiger partial charge on any atom is -0.345 e. The van der Waals surface area contributed by atoms with E-state index >= 15 is 0 Å². The third kappa shape index (κ3) is 5.25. The molecule has 6 heteroatoms. The van der Waals surface area contributed by atoms with Gasteiger partial charge in [0.15, 0.2) is 0 Å². The van der Waals surface area contributed by atoms with E-state index in [1.54, 1.807) is 12.3 Å². The van der Waals surface area contributed by atoms with Crippen molar-refractivity contribution in [1.82, 2.24) is 15.3 Å². The van der Waals surface area contributed by atoms with Crippen molar-refractivity contribution < 1.29 is 9.59 Å². The number of hydrogen-bond acceptors (Lipinski definition) is 4. The molecule has 0 spiro atoms. The lowest BCUT2D eigenvalue weighted by Crippen LogP contribution is -2.25. The van der Waals surface area contributed by atoms with Gasteiger partial charge in [-0.25, -0.2) is 0 Å². The van der Waals surface area contributed by atoms with Gasteiger partial charge in [0, 0.05) is 23.6 Å². The number of hydrogen-bond donors (Lipinski definition) is 2. The van der Waals surface area contributed by atoms with Crippen LogP contribution in [-0.4, -0.2) is 21.8 Å². The second-order valence-electron chi connectivity index (χ2n) is 7.68. The summed E-state index contributed by atoms with van der Waals surface area (Å²) in [6.07, 6.45) is 3.13. The first-order valence-corrected chi connectivity index (χ1v) is 9.39. The number of amides is 2. The van der Waals surface area contributed by atoms with Crippen LogP contribution in [0.2, 0.25) is 0 Å². The maximum absolute atomic E-state index is 12.8. The molecule has 0 saturated heterocycles. The fourth-order valence-corrected chi connectivity index (χ4v) is 2.90. The normalized spacial score (nSPS) is 11.0. The van der Waals surface area contributed by atoms with Crippen LogP contribution >= 0.6 is 0 Å². The number of carbonyl (C=O) groups is 2. The van der Waals surface area contributed by atoms with Crippen LogP contribution in [0.1, 0.15) is 52.9 Å². The molecule has 0 aliphatic carbocycles. The quantitative estimate of drug-likeness (QED) is 0.693. The maximum atomic E-state index is 12.8. The molecule has 0 aliphatic heterocycles. The van der Waals surface area contributed by atoms with Gasteiger partial charge in [-0.05, 0) is 41.3 Å². The van der Waals surface area contributed by atoms with Crippen LogP contribution < -0.4 is 10.6 Å². The summed E-state index contributed by atoms with van der Waals surface area (Å²) in [4.78, 5) is 33.4. The zero-order chi connectivity index (χ0) is 20.9. The van der Waals surface area contributed by atoms with E-state index in [9.17, 15) is 9.59 Å². The zero-order valence-corrected chi connectivity index (χ0v) is 16.8. The Labute approximate surface area is 170 Å². The Bertz CT molecular complexity index is 1010. The first kappa shape index (κ1) is 20.2. The Balaban J connectivity index is 1.72. The van der Waals surface area contributed by atoms with Gasteiger partial charge in [0.05, 0.1) is 12.2 Å². The van der Waals surface area contributed by atoms with Crippen LogP contribution in [0.15, 0.2) is 67.0 Å². The predicted octanol–water partition coefficient (Wildman–Crippen LogP) is 3.96. The van der Waals surface area contributed by atoms with Crippen LogP contribution in [0.4, 0.5) is 5.69 Å². The minimum absolute atomic E-state index is 0.112. The lowest BCUT2D eigenvalue weighted by Gasteiger charge is -2.23. The van der Waals surface area contributed by atoms with E-state index in [1.165, 1.54) is 12.3 Å². The number of rotatable bonds is 5. The second kappa shape index (κ2) is 8.65. The van der Waals surface area contributed by atoms with E-state index < -0.39 is 0 Å². The smallest absolute Gasteiger partial charge is 0.270 e. The molecule has 0 radical (unpaired) electrons. The van der Waals surface area contributed by atoms with E-state index in [0.717, 1.165) is 16.9 Å². The van der Waals surface area contributed by atoms with Gasteiger partial charge in [-0.15, -0.1) is 0 Å². The molecular formula is C23H24N4O2. The van der Waals surface area contributed by atoms with Crippen LogP contribution in [0.3, 0.4) is 0 Å². The van der Waals surface area contributed by atoms with E-state index in [4.69, 9.17) is 0 Å². The van der Waals surface area contributed by atoms with Crippen molar-refractivity contribution in [3.63, 3.8) is 0 Å². The van der Waals surface area contributed by atoms with Crippen molar-refractivity contribution in [2.75, 3.05) is 5.32 Å². The number of aromatic nitrogens is 2. The molecule has 0 fully saturated rings. The fraction of sp³-hybridized carbons (Fsp3) is 0.217. The van der Waals surface area contributed by atoms with Gasteiger partial charge in [0.1, 0.15) is 5.69 Å². The largest absolute Gasteiger partial charge is 0.345 e. The van der Waals surface area contributed by atoms with Crippen molar-refractivity contribution in [2.45, 2.75) is 32.7 Å². The highest BCUT2D eigenvalue weighted by Gasteiger charge is 2.19. The minimum atomic E-state index is -0.361. The molecule has 2 heterocycles. The summed E-state index contributed by atoms with van der Waals surface area (Å²) in [5.74, 6) is -0.650. The zero-order valence-electron chi connectivity index (χ0n) is 16.8. The second-order valence-corrected chi connectivity index (χ2v) is 7.68. The molecule has 0 saturated carbocycles. The molecule has 148 valence electrons.